The van der Waals surface area contributed by atoms with Gasteiger partial charge in [-0.1, -0.05) is 71.5 Å². The van der Waals surface area contributed by atoms with Crippen LogP contribution in [0.4, 0.5) is 0 Å². The summed E-state index contributed by atoms with van der Waals surface area (Å²) < 4.78 is 30.5. The van der Waals surface area contributed by atoms with Crippen LogP contribution in [0.1, 0.15) is 11.1 Å². The first-order valence-corrected chi connectivity index (χ1v) is 13.7. The van der Waals surface area contributed by atoms with Crippen LogP contribution in [0.15, 0.2) is 82.5 Å². The number of thiazole rings is 1. The van der Waals surface area contributed by atoms with Crippen LogP contribution >= 0.6 is 22.9 Å². The lowest BCUT2D eigenvalue weighted by molar-refractivity contribution is 0.181. The minimum atomic E-state index is -3.64. The highest BCUT2D eigenvalue weighted by molar-refractivity contribution is 7.89. The van der Waals surface area contributed by atoms with Crippen molar-refractivity contribution < 1.29 is 8.42 Å². The van der Waals surface area contributed by atoms with Crippen molar-refractivity contribution in [3.05, 3.63) is 98.6 Å². The molecule has 1 aliphatic rings. The van der Waals surface area contributed by atoms with Crippen LogP contribution in [-0.2, 0) is 23.1 Å². The van der Waals surface area contributed by atoms with Crippen molar-refractivity contribution in [1.82, 2.24) is 13.8 Å². The van der Waals surface area contributed by atoms with Gasteiger partial charge >= 0.3 is 4.87 Å². The van der Waals surface area contributed by atoms with E-state index in [9.17, 15) is 13.2 Å². The van der Waals surface area contributed by atoms with E-state index in [1.165, 1.54) is 5.56 Å². The number of piperazine rings is 1. The molecule has 0 amide bonds. The fourth-order valence-electron chi connectivity index (χ4n) is 4.27. The average Bonchev–Trinajstić information content (AvgIpc) is 3.15. The van der Waals surface area contributed by atoms with E-state index in [0.717, 1.165) is 23.4 Å². The van der Waals surface area contributed by atoms with E-state index < -0.39 is 10.0 Å². The standard InChI is InChI=1S/C25H24ClN3O3S2/c26-22-9-5-4-8-20(22)18-29-23-11-10-21(16-24(23)33-25(29)30)34(31,32)28-14-12-27(13-15-28)17-19-6-2-1-3-7-19/h1-11,16H,12-15,17-18H2. The molecule has 1 aromatic heterocycles. The highest BCUT2D eigenvalue weighted by atomic mass is 35.5. The highest BCUT2D eigenvalue weighted by Crippen LogP contribution is 2.26. The minimum absolute atomic E-state index is 0.140. The lowest BCUT2D eigenvalue weighted by Crippen LogP contribution is -2.48. The van der Waals surface area contributed by atoms with Crippen molar-refractivity contribution in [3.63, 3.8) is 0 Å². The molecule has 0 radical (unpaired) electrons. The van der Waals surface area contributed by atoms with Gasteiger partial charge < -0.3 is 0 Å². The molecular weight excluding hydrogens is 490 g/mol. The zero-order chi connectivity index (χ0) is 23.7. The van der Waals surface area contributed by atoms with Crippen molar-refractivity contribution in [2.75, 3.05) is 26.2 Å². The molecule has 34 heavy (non-hydrogen) atoms. The predicted molar refractivity (Wildman–Crippen MR) is 137 cm³/mol. The number of benzene rings is 3. The van der Waals surface area contributed by atoms with Gasteiger partial charge in [0, 0.05) is 37.7 Å². The third kappa shape index (κ3) is 4.69. The van der Waals surface area contributed by atoms with Crippen LogP contribution in [-0.4, -0.2) is 48.4 Å². The molecule has 0 spiro atoms. The normalized spacial score (nSPS) is 15.7. The van der Waals surface area contributed by atoms with Crippen LogP contribution in [0, 0.1) is 0 Å². The van der Waals surface area contributed by atoms with Crippen LogP contribution in [0.5, 0.6) is 0 Å². The van der Waals surface area contributed by atoms with Crippen molar-refractivity contribution in [2.45, 2.75) is 18.0 Å². The summed E-state index contributed by atoms with van der Waals surface area (Å²) >= 11 is 7.33. The molecule has 1 aliphatic heterocycles. The van der Waals surface area contributed by atoms with Crippen molar-refractivity contribution in [2.24, 2.45) is 0 Å². The summed E-state index contributed by atoms with van der Waals surface area (Å²) in [6.07, 6.45) is 0. The summed E-state index contributed by atoms with van der Waals surface area (Å²) in [6, 6.07) is 22.5. The molecule has 5 rings (SSSR count). The number of halogens is 1. The monoisotopic (exact) mass is 513 g/mol. The maximum Gasteiger partial charge on any atom is 0.308 e. The Morgan fingerprint density at radius 2 is 1.56 bits per heavy atom. The molecule has 0 N–H and O–H groups in total. The molecule has 2 heterocycles. The second-order valence-corrected chi connectivity index (χ2v) is 11.7. The minimum Gasteiger partial charge on any atom is -0.296 e. The predicted octanol–water partition coefficient (Wildman–Crippen LogP) is 4.27. The Morgan fingerprint density at radius 1 is 0.853 bits per heavy atom. The molecule has 176 valence electrons. The average molecular weight is 514 g/mol. The largest absolute Gasteiger partial charge is 0.308 e. The van der Waals surface area contributed by atoms with Gasteiger partial charge in [-0.3, -0.25) is 14.3 Å². The van der Waals surface area contributed by atoms with Gasteiger partial charge in [0.2, 0.25) is 10.0 Å². The Labute approximate surface area is 207 Å². The second-order valence-electron chi connectivity index (χ2n) is 8.34. The molecule has 0 bridgehead atoms. The van der Waals surface area contributed by atoms with Gasteiger partial charge in [0.25, 0.3) is 0 Å². The van der Waals surface area contributed by atoms with Crippen molar-refractivity contribution in [1.29, 1.82) is 0 Å². The lowest BCUT2D eigenvalue weighted by atomic mass is 10.2. The molecular formula is C25H24ClN3O3S2. The fraction of sp³-hybridized carbons (Fsp3) is 0.240. The molecule has 1 fully saturated rings. The number of fused-ring (bicyclic) bond motifs is 1. The van der Waals surface area contributed by atoms with Gasteiger partial charge in [-0.05, 0) is 35.4 Å². The molecule has 0 saturated carbocycles. The van der Waals surface area contributed by atoms with E-state index in [1.54, 1.807) is 33.1 Å². The quantitative estimate of drug-likeness (QED) is 0.386. The number of hydrogen-bond acceptors (Lipinski definition) is 5. The van der Waals surface area contributed by atoms with Crippen LogP contribution < -0.4 is 4.87 Å². The Balaban J connectivity index is 1.34. The number of sulfonamides is 1. The van der Waals surface area contributed by atoms with E-state index in [-0.39, 0.29) is 9.77 Å². The van der Waals surface area contributed by atoms with Gasteiger partial charge in [0.05, 0.1) is 21.7 Å². The summed E-state index contributed by atoms with van der Waals surface area (Å²) in [7, 11) is -3.64. The zero-order valence-corrected chi connectivity index (χ0v) is 20.8. The smallest absolute Gasteiger partial charge is 0.296 e. The summed E-state index contributed by atoms with van der Waals surface area (Å²) in [5.74, 6) is 0. The van der Waals surface area contributed by atoms with E-state index in [0.29, 0.717) is 48.0 Å². The SMILES string of the molecule is O=c1sc2cc(S(=O)(=O)N3CCN(Cc4ccccc4)CC3)ccc2n1Cc1ccccc1Cl. The third-order valence-corrected chi connectivity index (χ3v) is 9.35. The van der Waals surface area contributed by atoms with Crippen LogP contribution in [0.25, 0.3) is 10.2 Å². The molecule has 1 saturated heterocycles. The van der Waals surface area contributed by atoms with Gasteiger partial charge in [-0.15, -0.1) is 0 Å². The van der Waals surface area contributed by atoms with E-state index in [2.05, 4.69) is 17.0 Å². The van der Waals surface area contributed by atoms with E-state index in [1.807, 2.05) is 36.4 Å². The van der Waals surface area contributed by atoms with Crippen molar-refractivity contribution in [3.8, 4) is 0 Å². The van der Waals surface area contributed by atoms with Crippen molar-refractivity contribution >= 4 is 43.2 Å². The first-order chi connectivity index (χ1) is 16.4. The van der Waals surface area contributed by atoms with Gasteiger partial charge in [-0.25, -0.2) is 8.42 Å². The highest BCUT2D eigenvalue weighted by Gasteiger charge is 2.29. The van der Waals surface area contributed by atoms with E-state index >= 15 is 0 Å². The van der Waals surface area contributed by atoms with Crippen LogP contribution in [0.3, 0.4) is 0 Å². The molecule has 0 atom stereocenters. The molecule has 9 heteroatoms. The van der Waals surface area contributed by atoms with Gasteiger partial charge in [0.15, 0.2) is 0 Å². The number of rotatable bonds is 6. The lowest BCUT2D eigenvalue weighted by Gasteiger charge is -2.34. The molecule has 0 aliphatic carbocycles. The Bertz CT molecular complexity index is 1470. The zero-order valence-electron chi connectivity index (χ0n) is 18.4. The first-order valence-electron chi connectivity index (χ1n) is 11.0. The Hall–Kier alpha value is -2.49. The number of nitrogens with zero attached hydrogens (tertiary/aromatic N) is 3. The molecule has 0 unspecified atom stereocenters. The molecule has 4 aromatic rings. The maximum atomic E-state index is 13.3. The Kier molecular flexibility index (Phi) is 6.59. The first kappa shape index (κ1) is 23.3. The fourth-order valence-corrected chi connectivity index (χ4v) is 6.92. The second kappa shape index (κ2) is 9.64. The van der Waals surface area contributed by atoms with E-state index in [4.69, 9.17) is 11.6 Å². The third-order valence-electron chi connectivity index (χ3n) is 6.14. The maximum absolute atomic E-state index is 13.3. The number of hydrogen-bond donors (Lipinski definition) is 0. The summed E-state index contributed by atoms with van der Waals surface area (Å²) in [6.45, 7) is 3.39. The topological polar surface area (TPSA) is 62.6 Å². The molecule has 6 nitrogen and oxygen atoms in total. The van der Waals surface area contributed by atoms with Gasteiger partial charge in [-0.2, -0.15) is 4.31 Å². The summed E-state index contributed by atoms with van der Waals surface area (Å²) in [5.41, 5.74) is 2.78. The van der Waals surface area contributed by atoms with Crippen LogP contribution in [0.2, 0.25) is 5.02 Å². The Morgan fingerprint density at radius 3 is 2.29 bits per heavy atom. The summed E-state index contributed by atoms with van der Waals surface area (Å²) in [4.78, 5) is 15.0. The number of aromatic nitrogens is 1. The molecule has 3 aromatic carbocycles. The van der Waals surface area contributed by atoms with Gasteiger partial charge in [0.1, 0.15) is 0 Å². The summed E-state index contributed by atoms with van der Waals surface area (Å²) in [5, 5.41) is 0.597.